The van der Waals surface area contributed by atoms with Crippen LogP contribution in [0.1, 0.15) is 170 Å². The summed E-state index contributed by atoms with van der Waals surface area (Å²) in [6.07, 6.45) is 10.9. The van der Waals surface area contributed by atoms with E-state index in [1.54, 1.807) is 74.2 Å². The number of esters is 1. The minimum atomic E-state index is -1.22. The molecule has 2 saturated heterocycles. The number of nitrogens with zero attached hydrogens (tertiary/aromatic N) is 3. The number of epoxide rings is 1. The number of allylic oxidation sites excluding steroid dienone is 2. The Morgan fingerprint density at radius 1 is 0.933 bits per heavy atom. The summed E-state index contributed by atoms with van der Waals surface area (Å²) in [5, 5.41) is 35.4. The van der Waals surface area contributed by atoms with Crippen LogP contribution < -0.4 is 11.1 Å². The molecule has 2 fully saturated rings. The molecule has 6 N–H and O–H groups in total. The first-order chi connectivity index (χ1) is 42.6. The summed E-state index contributed by atoms with van der Waals surface area (Å²) in [7, 11) is 1.50. The molecule has 0 aromatic heterocycles. The van der Waals surface area contributed by atoms with E-state index in [2.05, 4.69) is 5.32 Å². The number of carbonyl (C=O) groups is 9. The zero-order valence-electron chi connectivity index (χ0n) is 54.6. The van der Waals surface area contributed by atoms with Gasteiger partial charge in [-0.3, -0.25) is 38.5 Å². The number of rotatable bonds is 32. The standard InChI is InChI=1S/C68H101N5O17/c1-11-49-41-71(65(83)89-57-28-23-45(6)62(90-61(81)39-51(75)31-33-68(57,9)86-10)44(5)19-18-32-67(8,85)40-56-63(88-56)46(7)54(76)12-2)35-36-72(49)66(84)87-42-48-26-24-47(25-27-48)37-55(77)53(21-15-16-22-58(69)78)70-64(82)52(43(3)4)38-50(74)20-14-13-17-34-73-59(79)29-30-60(73)80/h18-19,23-30,32,43,45-46,49,51-54,56-57,62-63,75-76,85H,11-17,20-22,31,33-42H2,1-10H3,(H2,69,78)(H,70,82)/b28-23+,32-18+,44-19+/t45-,46+,49?,51+,52-,53-,54-,56+,57-,62+,63+,67-,68+/m0/s1. The number of amides is 6. The molecule has 6 amide bonds. The second-order valence-corrected chi connectivity index (χ2v) is 25.7. The number of piperazine rings is 1. The molecule has 5 rings (SSSR count). The summed E-state index contributed by atoms with van der Waals surface area (Å²) in [5.74, 6) is -3.97. The van der Waals surface area contributed by atoms with Gasteiger partial charge in [0, 0.05) is 95.3 Å². The number of carbonyl (C=O) groups excluding carboxylic acids is 9. The van der Waals surface area contributed by atoms with Crippen LogP contribution in [0, 0.1) is 23.7 Å². The number of cyclic esters (lactones) is 1. The van der Waals surface area contributed by atoms with Crippen LogP contribution in [0.5, 0.6) is 0 Å². The fourth-order valence-electron chi connectivity index (χ4n) is 11.7. The van der Waals surface area contributed by atoms with E-state index in [1.165, 1.54) is 24.2 Å². The van der Waals surface area contributed by atoms with Crippen molar-refractivity contribution >= 4 is 53.4 Å². The number of nitrogens with one attached hydrogen (secondary N) is 1. The molecule has 1 unspecified atom stereocenters. The van der Waals surface area contributed by atoms with Crippen LogP contribution in [0.3, 0.4) is 0 Å². The molecule has 22 heteroatoms. The second-order valence-electron chi connectivity index (χ2n) is 25.7. The van der Waals surface area contributed by atoms with Crippen molar-refractivity contribution in [3.8, 4) is 0 Å². The topological polar surface area (TPSA) is 312 Å². The van der Waals surface area contributed by atoms with Crippen LogP contribution in [0.4, 0.5) is 9.59 Å². The van der Waals surface area contributed by atoms with Crippen molar-refractivity contribution in [3.05, 3.63) is 83.5 Å². The van der Waals surface area contributed by atoms with Gasteiger partial charge in [0.25, 0.3) is 11.8 Å². The first-order valence-corrected chi connectivity index (χ1v) is 32.2. The van der Waals surface area contributed by atoms with E-state index < -0.39 is 89.5 Å². The summed E-state index contributed by atoms with van der Waals surface area (Å²) in [5.41, 5.74) is 4.98. The average Bonchev–Trinajstić information content (AvgIpc) is 1.65. The fraction of sp³-hybridized carbons (Fsp3) is 0.662. The highest BCUT2D eigenvalue weighted by Gasteiger charge is 2.47. The highest BCUT2D eigenvalue weighted by molar-refractivity contribution is 6.12. The Hall–Kier alpha value is -6.59. The highest BCUT2D eigenvalue weighted by atomic mass is 16.6. The molecule has 4 heterocycles. The van der Waals surface area contributed by atoms with Gasteiger partial charge in [0.05, 0.1) is 48.5 Å². The van der Waals surface area contributed by atoms with Gasteiger partial charge in [-0.25, -0.2) is 9.59 Å². The Morgan fingerprint density at radius 2 is 1.61 bits per heavy atom. The van der Waals surface area contributed by atoms with Gasteiger partial charge < -0.3 is 59.9 Å². The second kappa shape index (κ2) is 35.3. The van der Waals surface area contributed by atoms with Gasteiger partial charge in [-0.15, -0.1) is 0 Å². The van der Waals surface area contributed by atoms with Gasteiger partial charge in [-0.2, -0.15) is 0 Å². The van der Waals surface area contributed by atoms with Crippen LogP contribution >= 0.6 is 0 Å². The molecule has 1 aromatic rings. The van der Waals surface area contributed by atoms with Crippen molar-refractivity contribution in [1.29, 1.82) is 0 Å². The van der Waals surface area contributed by atoms with Crippen LogP contribution in [-0.2, 0) is 70.3 Å². The quantitative estimate of drug-likeness (QED) is 0.00889. The number of ketones is 2. The molecule has 0 bridgehead atoms. The Kier molecular flexibility index (Phi) is 29.1. The van der Waals surface area contributed by atoms with Crippen LogP contribution in [0.25, 0.3) is 0 Å². The van der Waals surface area contributed by atoms with Gasteiger partial charge >= 0.3 is 18.2 Å². The minimum Gasteiger partial charge on any atom is -0.457 e. The maximum Gasteiger partial charge on any atom is 0.410 e. The lowest BCUT2D eigenvalue weighted by Gasteiger charge is -2.41. The highest BCUT2D eigenvalue weighted by Crippen LogP contribution is 2.38. The van der Waals surface area contributed by atoms with Crippen LogP contribution in [0.2, 0.25) is 0 Å². The van der Waals surface area contributed by atoms with E-state index in [4.69, 9.17) is 29.4 Å². The summed E-state index contributed by atoms with van der Waals surface area (Å²) < 4.78 is 29.9. The lowest BCUT2D eigenvalue weighted by molar-refractivity contribution is -0.151. The first-order valence-electron chi connectivity index (χ1n) is 32.2. The molecule has 22 nitrogen and oxygen atoms in total. The van der Waals surface area contributed by atoms with Crippen molar-refractivity contribution in [2.75, 3.05) is 33.3 Å². The maximum absolute atomic E-state index is 14.2. The predicted octanol–water partition coefficient (Wildman–Crippen LogP) is 7.46. The summed E-state index contributed by atoms with van der Waals surface area (Å²) >= 11 is 0. The Labute approximate surface area is 531 Å². The molecule has 0 radical (unpaired) electrons. The first kappa shape index (κ1) is 74.1. The number of Topliss-reactive ketones (excluding diaryl/α,β-unsaturated/α-hetero) is 2. The zero-order valence-corrected chi connectivity index (χ0v) is 54.6. The number of methoxy groups -OCH3 is 1. The molecular weight excluding hydrogens is 1160 g/mol. The number of aliphatic hydroxyl groups excluding tert-OH is 2. The lowest BCUT2D eigenvalue weighted by Crippen LogP contribution is -2.57. The van der Waals surface area contributed by atoms with Crippen molar-refractivity contribution in [2.45, 2.75) is 232 Å². The number of nitrogens with two attached hydrogens (primary N) is 1. The van der Waals surface area contributed by atoms with E-state index in [0.29, 0.717) is 68.1 Å². The van der Waals surface area contributed by atoms with Gasteiger partial charge in [0.15, 0.2) is 11.9 Å². The minimum absolute atomic E-state index is 0.0139. The summed E-state index contributed by atoms with van der Waals surface area (Å²) in [4.78, 5) is 121. The zero-order chi connectivity index (χ0) is 66.5. The molecule has 1 aromatic carbocycles. The molecule has 0 saturated carbocycles. The normalized spacial score (nSPS) is 25.8. The van der Waals surface area contributed by atoms with E-state index in [-0.39, 0.29) is 132 Å². The Morgan fingerprint density at radius 3 is 2.26 bits per heavy atom. The fourth-order valence-corrected chi connectivity index (χ4v) is 11.7. The molecule has 0 aliphatic carbocycles. The van der Waals surface area contributed by atoms with Gasteiger partial charge in [-0.1, -0.05) is 103 Å². The molecule has 4 aliphatic rings. The van der Waals surface area contributed by atoms with Crippen molar-refractivity contribution < 1.29 is 82.2 Å². The summed E-state index contributed by atoms with van der Waals surface area (Å²) in [6, 6.07) is 5.67. The van der Waals surface area contributed by atoms with Gasteiger partial charge in [0.1, 0.15) is 24.1 Å². The van der Waals surface area contributed by atoms with Crippen molar-refractivity contribution in [1.82, 2.24) is 20.0 Å². The molecular formula is C68H101N5O17. The smallest absolute Gasteiger partial charge is 0.410 e. The molecule has 4 aliphatic heterocycles. The van der Waals surface area contributed by atoms with Crippen molar-refractivity contribution in [3.63, 3.8) is 0 Å². The number of unbranched alkanes of at least 4 members (excludes halogenated alkanes) is 3. The maximum atomic E-state index is 14.2. The Balaban J connectivity index is 1.16. The third-order valence-electron chi connectivity index (χ3n) is 17.9. The number of hydrogen-bond donors (Lipinski definition) is 5. The monoisotopic (exact) mass is 1260 g/mol. The Bertz CT molecular complexity index is 2720. The predicted molar refractivity (Wildman–Crippen MR) is 336 cm³/mol. The lowest BCUT2D eigenvalue weighted by atomic mass is 9.88. The summed E-state index contributed by atoms with van der Waals surface area (Å²) in [6.45, 7) is 17.2. The number of ether oxygens (including phenoxy) is 5. The molecule has 13 atom stereocenters. The van der Waals surface area contributed by atoms with Crippen LogP contribution in [-0.4, -0.2) is 177 Å². The average molecular weight is 1260 g/mol. The van der Waals surface area contributed by atoms with Crippen LogP contribution in [0.15, 0.2) is 72.4 Å². The largest absolute Gasteiger partial charge is 0.457 e. The number of aliphatic hydroxyl groups is 3. The third-order valence-corrected chi connectivity index (χ3v) is 17.9. The van der Waals surface area contributed by atoms with E-state index >= 15 is 0 Å². The number of hydrogen-bond acceptors (Lipinski definition) is 17. The van der Waals surface area contributed by atoms with Crippen molar-refractivity contribution in [2.24, 2.45) is 29.4 Å². The number of benzene rings is 1. The molecule has 0 spiro atoms. The van der Waals surface area contributed by atoms with E-state index in [0.717, 1.165) is 4.90 Å². The SMILES string of the molecule is CCC1CN(C(=O)O[C@H]2/C=C/[C@H](C)[C@@H](/C(C)=C/C=C/[C@](C)(O)C[C@H]3O[C@@H]3[C@H](C)[C@@H](O)CC)OC(=O)C[C@H](O)CC[C@@]2(C)OC)CCN1C(=O)OCc1ccc(CC(=O)[C@H](CCCCC(N)=O)NC(=O)[C@@H](CC(=O)CCCCCN2C(=O)C=CC2=O)C(C)C)cc1. The van der Waals surface area contributed by atoms with E-state index in [1.807, 2.05) is 47.6 Å². The number of imide groups is 1. The third kappa shape index (κ3) is 23.0. The molecule has 500 valence electrons. The van der Waals surface area contributed by atoms with E-state index in [9.17, 15) is 58.5 Å². The number of primary amides is 1. The van der Waals surface area contributed by atoms with Gasteiger partial charge in [-0.05, 0) is 101 Å². The molecule has 90 heavy (non-hydrogen) atoms. The van der Waals surface area contributed by atoms with Gasteiger partial charge in [0.2, 0.25) is 11.8 Å².